The van der Waals surface area contributed by atoms with Crippen LogP contribution in [0.2, 0.25) is 0 Å². The van der Waals surface area contributed by atoms with E-state index in [2.05, 4.69) is 0 Å². The number of rotatable bonds is 4. The highest BCUT2D eigenvalue weighted by Crippen LogP contribution is 2.02. The molecule has 4 N–H and O–H groups in total. The Morgan fingerprint density at radius 2 is 1.67 bits per heavy atom. The zero-order chi connectivity index (χ0) is 9.72. The predicted octanol–water partition coefficient (Wildman–Crippen LogP) is -2.74. The normalized spacial score (nSPS) is 20.2. The standard InChI is InChI=1S/C7H10O5/c1-2-4(9)6(11)7(12)5(10)3-8/h1,3-7,9-12H. The molecule has 0 heterocycles. The van der Waals surface area contributed by atoms with E-state index in [0.717, 1.165) is 0 Å². The van der Waals surface area contributed by atoms with Crippen LogP contribution in [-0.4, -0.2) is 51.1 Å². The summed E-state index contributed by atoms with van der Waals surface area (Å²) in [4.78, 5) is 9.91. The molecule has 5 heteroatoms. The Kier molecular flexibility index (Phi) is 4.47. The summed E-state index contributed by atoms with van der Waals surface area (Å²) in [5.74, 6) is 1.74. The fourth-order valence-electron chi connectivity index (χ4n) is 0.568. The highest BCUT2D eigenvalue weighted by molar-refractivity contribution is 5.56. The van der Waals surface area contributed by atoms with E-state index in [1.54, 1.807) is 5.92 Å². The van der Waals surface area contributed by atoms with E-state index in [-0.39, 0.29) is 6.29 Å². The summed E-state index contributed by atoms with van der Waals surface area (Å²) >= 11 is 0. The third kappa shape index (κ3) is 2.60. The lowest BCUT2D eigenvalue weighted by Crippen LogP contribution is -2.44. The molecular formula is C7H10O5. The summed E-state index contributed by atoms with van der Waals surface area (Å²) in [6.45, 7) is 0. The summed E-state index contributed by atoms with van der Waals surface area (Å²) < 4.78 is 0. The van der Waals surface area contributed by atoms with Crippen molar-refractivity contribution in [2.75, 3.05) is 0 Å². The molecule has 0 aliphatic rings. The second kappa shape index (κ2) is 4.85. The molecule has 0 aromatic rings. The van der Waals surface area contributed by atoms with Gasteiger partial charge in [-0.05, 0) is 0 Å². The van der Waals surface area contributed by atoms with Gasteiger partial charge in [0.15, 0.2) is 6.29 Å². The van der Waals surface area contributed by atoms with Gasteiger partial charge in [0.25, 0.3) is 0 Å². The van der Waals surface area contributed by atoms with Crippen LogP contribution in [0.5, 0.6) is 0 Å². The van der Waals surface area contributed by atoms with E-state index < -0.39 is 24.4 Å². The number of aliphatic hydroxyl groups excluding tert-OH is 4. The molecule has 0 radical (unpaired) electrons. The number of aldehydes is 1. The first-order valence-electron chi connectivity index (χ1n) is 3.18. The smallest absolute Gasteiger partial charge is 0.151 e. The summed E-state index contributed by atoms with van der Waals surface area (Å²) in [5.41, 5.74) is 0. The van der Waals surface area contributed by atoms with Crippen LogP contribution in [-0.2, 0) is 4.79 Å². The molecule has 0 aliphatic heterocycles. The van der Waals surface area contributed by atoms with E-state index in [0.29, 0.717) is 0 Å². The van der Waals surface area contributed by atoms with E-state index >= 15 is 0 Å². The largest absolute Gasteiger partial charge is 0.387 e. The number of carbonyl (C=O) groups is 1. The predicted molar refractivity (Wildman–Crippen MR) is 38.9 cm³/mol. The molecular weight excluding hydrogens is 164 g/mol. The maximum Gasteiger partial charge on any atom is 0.151 e. The minimum Gasteiger partial charge on any atom is -0.387 e. The molecule has 0 spiro atoms. The molecule has 0 rings (SSSR count). The van der Waals surface area contributed by atoms with Crippen LogP contribution in [0, 0.1) is 12.3 Å². The molecule has 0 aliphatic carbocycles. The van der Waals surface area contributed by atoms with Crippen molar-refractivity contribution in [2.45, 2.75) is 24.4 Å². The average molecular weight is 174 g/mol. The Bertz CT molecular complexity index is 185. The number of hydrogen-bond donors (Lipinski definition) is 4. The molecule has 4 atom stereocenters. The van der Waals surface area contributed by atoms with Crippen molar-refractivity contribution in [1.29, 1.82) is 0 Å². The number of carbonyl (C=O) groups excluding carboxylic acids is 1. The van der Waals surface area contributed by atoms with Crippen LogP contribution in [0.25, 0.3) is 0 Å². The minimum atomic E-state index is -1.77. The zero-order valence-electron chi connectivity index (χ0n) is 6.16. The van der Waals surface area contributed by atoms with Gasteiger partial charge in [-0.1, -0.05) is 5.92 Å². The van der Waals surface area contributed by atoms with E-state index in [9.17, 15) is 4.79 Å². The molecule has 0 amide bonds. The van der Waals surface area contributed by atoms with Crippen LogP contribution in [0.4, 0.5) is 0 Å². The molecule has 0 aromatic heterocycles. The molecule has 12 heavy (non-hydrogen) atoms. The van der Waals surface area contributed by atoms with Gasteiger partial charge < -0.3 is 25.2 Å². The maximum atomic E-state index is 9.91. The Hall–Kier alpha value is -0.930. The molecule has 68 valence electrons. The Labute approximate surface area is 69.3 Å². The summed E-state index contributed by atoms with van der Waals surface area (Å²) in [5, 5.41) is 35.3. The van der Waals surface area contributed by atoms with E-state index in [1.807, 2.05) is 0 Å². The topological polar surface area (TPSA) is 98.0 Å². The van der Waals surface area contributed by atoms with Crippen molar-refractivity contribution in [2.24, 2.45) is 0 Å². The lowest BCUT2D eigenvalue weighted by Gasteiger charge is -2.20. The first kappa shape index (κ1) is 11.1. The monoisotopic (exact) mass is 174 g/mol. The number of aliphatic hydroxyl groups is 4. The van der Waals surface area contributed by atoms with Gasteiger partial charge in [-0.25, -0.2) is 0 Å². The van der Waals surface area contributed by atoms with Crippen LogP contribution >= 0.6 is 0 Å². The van der Waals surface area contributed by atoms with E-state index in [4.69, 9.17) is 26.8 Å². The fraction of sp³-hybridized carbons (Fsp3) is 0.571. The first-order chi connectivity index (χ1) is 5.54. The van der Waals surface area contributed by atoms with Gasteiger partial charge in [0, 0.05) is 0 Å². The van der Waals surface area contributed by atoms with Crippen molar-refractivity contribution in [3.05, 3.63) is 0 Å². The number of hydrogen-bond acceptors (Lipinski definition) is 5. The van der Waals surface area contributed by atoms with Gasteiger partial charge in [0.1, 0.15) is 24.4 Å². The van der Waals surface area contributed by atoms with Gasteiger partial charge in [0.05, 0.1) is 0 Å². The molecule has 5 nitrogen and oxygen atoms in total. The molecule has 0 bridgehead atoms. The zero-order valence-corrected chi connectivity index (χ0v) is 6.16. The SMILES string of the molecule is C#CC(O)C(O)C(O)C(O)C=O. The number of terminal acetylenes is 1. The minimum absolute atomic E-state index is 0.0388. The third-order valence-corrected chi connectivity index (χ3v) is 1.33. The van der Waals surface area contributed by atoms with E-state index in [1.165, 1.54) is 0 Å². The second-order valence-corrected chi connectivity index (χ2v) is 2.22. The molecule has 0 aromatic carbocycles. The fourth-order valence-corrected chi connectivity index (χ4v) is 0.568. The van der Waals surface area contributed by atoms with Crippen molar-refractivity contribution >= 4 is 6.29 Å². The lowest BCUT2D eigenvalue weighted by atomic mass is 10.0. The van der Waals surface area contributed by atoms with Crippen molar-refractivity contribution in [3.8, 4) is 12.3 Å². The van der Waals surface area contributed by atoms with Crippen LogP contribution in [0.3, 0.4) is 0 Å². The molecule has 0 fully saturated rings. The second-order valence-electron chi connectivity index (χ2n) is 2.22. The van der Waals surface area contributed by atoms with Crippen molar-refractivity contribution in [3.63, 3.8) is 0 Å². The van der Waals surface area contributed by atoms with Gasteiger partial charge in [-0.3, -0.25) is 0 Å². The van der Waals surface area contributed by atoms with Gasteiger partial charge >= 0.3 is 0 Å². The molecule has 0 saturated carbocycles. The van der Waals surface area contributed by atoms with Crippen LogP contribution in [0.15, 0.2) is 0 Å². The summed E-state index contributed by atoms with van der Waals surface area (Å²) in [6.07, 6.45) is -2.10. The quantitative estimate of drug-likeness (QED) is 0.274. The first-order valence-corrected chi connectivity index (χ1v) is 3.18. The molecule has 0 saturated heterocycles. The van der Waals surface area contributed by atoms with Crippen molar-refractivity contribution in [1.82, 2.24) is 0 Å². The van der Waals surface area contributed by atoms with Crippen LogP contribution in [0.1, 0.15) is 0 Å². The summed E-state index contributed by atoms with van der Waals surface area (Å²) in [7, 11) is 0. The Balaban J connectivity index is 4.19. The van der Waals surface area contributed by atoms with Crippen molar-refractivity contribution < 1.29 is 25.2 Å². The van der Waals surface area contributed by atoms with Gasteiger partial charge in [-0.2, -0.15) is 0 Å². The van der Waals surface area contributed by atoms with Crippen LogP contribution < -0.4 is 0 Å². The third-order valence-electron chi connectivity index (χ3n) is 1.33. The van der Waals surface area contributed by atoms with Gasteiger partial charge in [-0.15, -0.1) is 6.42 Å². The summed E-state index contributed by atoms with van der Waals surface area (Å²) in [6, 6.07) is 0. The Morgan fingerprint density at radius 3 is 2.00 bits per heavy atom. The lowest BCUT2D eigenvalue weighted by molar-refractivity contribution is -0.130. The molecule has 4 unspecified atom stereocenters. The Morgan fingerprint density at radius 1 is 1.17 bits per heavy atom. The highest BCUT2D eigenvalue weighted by atomic mass is 16.4. The van der Waals surface area contributed by atoms with Gasteiger partial charge in [0.2, 0.25) is 0 Å². The maximum absolute atomic E-state index is 9.91. The highest BCUT2D eigenvalue weighted by Gasteiger charge is 2.28. The average Bonchev–Trinajstić information content (AvgIpc) is 2.12.